The molecule has 1 aromatic carbocycles. The summed E-state index contributed by atoms with van der Waals surface area (Å²) in [5, 5.41) is 13.7. The fraction of sp³-hybridized carbons (Fsp3) is 0.500. The monoisotopic (exact) mass is 305 g/mol. The lowest BCUT2D eigenvalue weighted by molar-refractivity contribution is 0.240. The highest BCUT2D eigenvalue weighted by molar-refractivity contribution is 7.15. The van der Waals surface area contributed by atoms with Crippen LogP contribution in [0, 0.1) is 5.92 Å². The first kappa shape index (κ1) is 15.8. The average Bonchev–Trinajstić information content (AvgIpc) is 2.84. The molecule has 0 saturated heterocycles. The van der Waals surface area contributed by atoms with Gasteiger partial charge in [0.2, 0.25) is 5.13 Å². The number of rotatable bonds is 7. The van der Waals surface area contributed by atoms with Crippen LogP contribution in [0.25, 0.3) is 0 Å². The van der Waals surface area contributed by atoms with Crippen molar-refractivity contribution in [2.24, 2.45) is 5.92 Å². The van der Waals surface area contributed by atoms with Crippen molar-refractivity contribution in [1.82, 2.24) is 10.2 Å². The first-order valence-corrected chi connectivity index (χ1v) is 8.17. The summed E-state index contributed by atoms with van der Waals surface area (Å²) >= 11 is 1.63. The SMILES string of the molecule is CC(C)Cc1nnc(NCc2ccccc2OC(C)C)s1. The number of hydrogen-bond donors (Lipinski definition) is 1. The van der Waals surface area contributed by atoms with E-state index >= 15 is 0 Å². The molecule has 0 aliphatic rings. The molecule has 0 atom stereocenters. The molecule has 0 radical (unpaired) electrons. The van der Waals surface area contributed by atoms with Gasteiger partial charge in [-0.3, -0.25) is 0 Å². The van der Waals surface area contributed by atoms with Crippen LogP contribution in [0.3, 0.4) is 0 Å². The summed E-state index contributed by atoms with van der Waals surface area (Å²) < 4.78 is 5.82. The second kappa shape index (κ2) is 7.41. The summed E-state index contributed by atoms with van der Waals surface area (Å²) in [4.78, 5) is 0. The Labute approximate surface area is 130 Å². The smallest absolute Gasteiger partial charge is 0.205 e. The maximum Gasteiger partial charge on any atom is 0.205 e. The van der Waals surface area contributed by atoms with E-state index in [2.05, 4.69) is 35.4 Å². The number of ether oxygens (including phenoxy) is 1. The Morgan fingerprint density at radius 1 is 1.14 bits per heavy atom. The minimum Gasteiger partial charge on any atom is -0.491 e. The van der Waals surface area contributed by atoms with Crippen LogP contribution in [0.15, 0.2) is 24.3 Å². The lowest BCUT2D eigenvalue weighted by atomic mass is 10.1. The van der Waals surface area contributed by atoms with E-state index < -0.39 is 0 Å². The standard InChI is InChI=1S/C16H23N3OS/c1-11(2)9-15-18-19-16(21-15)17-10-13-7-5-6-8-14(13)20-12(3)4/h5-8,11-12H,9-10H2,1-4H3,(H,17,19). The van der Waals surface area contributed by atoms with Crippen LogP contribution in [0.5, 0.6) is 5.75 Å². The van der Waals surface area contributed by atoms with E-state index in [4.69, 9.17) is 4.74 Å². The summed E-state index contributed by atoms with van der Waals surface area (Å²) in [6, 6.07) is 8.09. The Morgan fingerprint density at radius 3 is 2.62 bits per heavy atom. The van der Waals surface area contributed by atoms with Gasteiger partial charge in [-0.15, -0.1) is 10.2 Å². The van der Waals surface area contributed by atoms with Crippen LogP contribution in [-0.4, -0.2) is 16.3 Å². The van der Waals surface area contributed by atoms with E-state index in [0.29, 0.717) is 12.5 Å². The maximum atomic E-state index is 5.82. The molecule has 0 aliphatic heterocycles. The van der Waals surface area contributed by atoms with Crippen molar-refractivity contribution >= 4 is 16.5 Å². The fourth-order valence-corrected chi connectivity index (χ4v) is 2.89. The van der Waals surface area contributed by atoms with Crippen LogP contribution >= 0.6 is 11.3 Å². The van der Waals surface area contributed by atoms with Gasteiger partial charge in [-0.2, -0.15) is 0 Å². The second-order valence-electron chi connectivity index (χ2n) is 5.73. The molecule has 0 saturated carbocycles. The van der Waals surface area contributed by atoms with Crippen molar-refractivity contribution in [2.75, 3.05) is 5.32 Å². The topological polar surface area (TPSA) is 47.0 Å². The molecule has 5 heteroatoms. The van der Waals surface area contributed by atoms with Gasteiger partial charge in [0.1, 0.15) is 10.8 Å². The zero-order valence-electron chi connectivity index (χ0n) is 13.1. The Balaban J connectivity index is 1.98. The molecule has 0 spiro atoms. The molecule has 1 N–H and O–H groups in total. The number of hydrogen-bond acceptors (Lipinski definition) is 5. The van der Waals surface area contributed by atoms with E-state index in [1.54, 1.807) is 11.3 Å². The van der Waals surface area contributed by atoms with Gasteiger partial charge in [-0.1, -0.05) is 43.4 Å². The molecule has 21 heavy (non-hydrogen) atoms. The van der Waals surface area contributed by atoms with Gasteiger partial charge >= 0.3 is 0 Å². The molecule has 2 rings (SSSR count). The third-order valence-electron chi connectivity index (χ3n) is 2.82. The second-order valence-corrected chi connectivity index (χ2v) is 6.79. The minimum atomic E-state index is 0.172. The lowest BCUT2D eigenvalue weighted by Gasteiger charge is -2.14. The Bertz CT molecular complexity index is 566. The highest BCUT2D eigenvalue weighted by Crippen LogP contribution is 2.23. The maximum absolute atomic E-state index is 5.82. The molecule has 0 aliphatic carbocycles. The number of aromatic nitrogens is 2. The van der Waals surface area contributed by atoms with Gasteiger partial charge in [0.25, 0.3) is 0 Å². The number of para-hydroxylation sites is 1. The molecular weight excluding hydrogens is 282 g/mol. The first-order chi connectivity index (χ1) is 10.0. The summed E-state index contributed by atoms with van der Waals surface area (Å²) in [6.45, 7) is 9.14. The minimum absolute atomic E-state index is 0.172. The van der Waals surface area contributed by atoms with Crippen LogP contribution < -0.4 is 10.1 Å². The molecule has 1 heterocycles. The van der Waals surface area contributed by atoms with Gasteiger partial charge in [0.05, 0.1) is 6.10 Å². The quantitative estimate of drug-likeness (QED) is 0.835. The highest BCUT2D eigenvalue weighted by atomic mass is 32.1. The van der Waals surface area contributed by atoms with Gasteiger partial charge in [0.15, 0.2) is 0 Å². The molecule has 0 amide bonds. The summed E-state index contributed by atoms with van der Waals surface area (Å²) in [5.74, 6) is 1.53. The van der Waals surface area contributed by atoms with E-state index in [1.807, 2.05) is 32.0 Å². The van der Waals surface area contributed by atoms with Crippen molar-refractivity contribution < 1.29 is 4.74 Å². The van der Waals surface area contributed by atoms with Gasteiger partial charge in [-0.25, -0.2) is 0 Å². The molecule has 0 bridgehead atoms. The van der Waals surface area contributed by atoms with Crippen LogP contribution in [0.2, 0.25) is 0 Å². The van der Waals surface area contributed by atoms with Gasteiger partial charge in [-0.05, 0) is 25.8 Å². The summed E-state index contributed by atoms with van der Waals surface area (Å²) in [6.07, 6.45) is 1.15. The third kappa shape index (κ3) is 5.01. The molecule has 2 aromatic rings. The van der Waals surface area contributed by atoms with Crippen molar-refractivity contribution in [3.63, 3.8) is 0 Å². The summed E-state index contributed by atoms with van der Waals surface area (Å²) in [7, 11) is 0. The van der Waals surface area contributed by atoms with Crippen molar-refractivity contribution in [3.8, 4) is 5.75 Å². The predicted octanol–water partition coefficient (Wildman–Crippen LogP) is 4.14. The largest absolute Gasteiger partial charge is 0.491 e. The van der Waals surface area contributed by atoms with E-state index in [1.165, 1.54) is 0 Å². The predicted molar refractivity (Wildman–Crippen MR) is 88.0 cm³/mol. The van der Waals surface area contributed by atoms with Crippen LogP contribution in [0.4, 0.5) is 5.13 Å². The lowest BCUT2D eigenvalue weighted by Crippen LogP contribution is -2.09. The zero-order valence-corrected chi connectivity index (χ0v) is 13.9. The van der Waals surface area contributed by atoms with Crippen molar-refractivity contribution in [2.45, 2.75) is 46.8 Å². The number of nitrogens with one attached hydrogen (secondary N) is 1. The van der Waals surface area contributed by atoms with Gasteiger partial charge < -0.3 is 10.1 Å². The molecule has 0 fully saturated rings. The number of anilines is 1. The number of benzene rings is 1. The van der Waals surface area contributed by atoms with Crippen molar-refractivity contribution in [3.05, 3.63) is 34.8 Å². The van der Waals surface area contributed by atoms with Gasteiger partial charge in [0, 0.05) is 18.5 Å². The third-order valence-corrected chi connectivity index (χ3v) is 3.72. The number of nitrogens with zero attached hydrogens (tertiary/aromatic N) is 2. The Hall–Kier alpha value is -1.62. The van der Waals surface area contributed by atoms with Crippen LogP contribution in [0.1, 0.15) is 38.3 Å². The fourth-order valence-electron chi connectivity index (χ4n) is 1.95. The Morgan fingerprint density at radius 2 is 1.90 bits per heavy atom. The highest BCUT2D eigenvalue weighted by Gasteiger charge is 2.08. The molecular formula is C16H23N3OS. The normalized spacial score (nSPS) is 11.1. The molecule has 1 aromatic heterocycles. The van der Waals surface area contributed by atoms with Crippen molar-refractivity contribution in [1.29, 1.82) is 0 Å². The first-order valence-electron chi connectivity index (χ1n) is 7.35. The van der Waals surface area contributed by atoms with E-state index in [9.17, 15) is 0 Å². The average molecular weight is 305 g/mol. The zero-order chi connectivity index (χ0) is 15.2. The summed E-state index contributed by atoms with van der Waals surface area (Å²) in [5.41, 5.74) is 1.13. The molecule has 4 nitrogen and oxygen atoms in total. The Kier molecular flexibility index (Phi) is 5.56. The van der Waals surface area contributed by atoms with E-state index in [0.717, 1.165) is 27.9 Å². The molecule has 0 unspecified atom stereocenters. The molecule has 114 valence electrons. The van der Waals surface area contributed by atoms with Crippen LogP contribution in [-0.2, 0) is 13.0 Å². The van der Waals surface area contributed by atoms with E-state index in [-0.39, 0.29) is 6.10 Å².